The molecule has 0 aliphatic heterocycles. The number of aliphatic imine (C=N–C) groups is 1. The summed E-state index contributed by atoms with van der Waals surface area (Å²) < 4.78 is 40.7. The van der Waals surface area contributed by atoms with Gasteiger partial charge in [0.2, 0.25) is 0 Å². The molecule has 0 aliphatic rings. The fraction of sp³-hybridized carbons (Fsp3) is 0.0588. The predicted octanol–water partition coefficient (Wildman–Crippen LogP) is 4.59. The Hall–Kier alpha value is -2.80. The van der Waals surface area contributed by atoms with Gasteiger partial charge in [0.15, 0.2) is 5.69 Å². The summed E-state index contributed by atoms with van der Waals surface area (Å²) in [7, 11) is 0. The number of rotatable bonds is 3. The second-order valence-corrected chi connectivity index (χ2v) is 5.49. The summed E-state index contributed by atoms with van der Waals surface area (Å²) in [6, 6.07) is 14.4. The van der Waals surface area contributed by atoms with Crippen molar-refractivity contribution >= 4 is 23.5 Å². The second kappa shape index (κ2) is 6.60. The molecule has 0 saturated carbocycles. The van der Waals surface area contributed by atoms with Gasteiger partial charge in [-0.1, -0.05) is 41.9 Å². The molecule has 0 saturated heterocycles. The van der Waals surface area contributed by atoms with Crippen molar-refractivity contribution in [2.45, 2.75) is 6.18 Å². The van der Waals surface area contributed by atoms with E-state index in [2.05, 4.69) is 10.1 Å². The van der Waals surface area contributed by atoms with Crippen molar-refractivity contribution in [1.82, 2.24) is 9.78 Å². The van der Waals surface area contributed by atoms with Gasteiger partial charge in [-0.3, -0.25) is 14.9 Å². The fourth-order valence-corrected chi connectivity index (χ4v) is 2.42. The zero-order valence-electron chi connectivity index (χ0n) is 12.6. The standard InChI is InChI=1S/C17H11ClF3N3O/c18-13-8-4-5-9-14(13)22-10-12-15(17(19,20)21)23-24(16(12)25)11-6-2-1-3-7-11/h1-10,23H. The number of aromatic nitrogens is 2. The van der Waals surface area contributed by atoms with E-state index in [1.165, 1.54) is 18.2 Å². The highest BCUT2D eigenvalue weighted by Crippen LogP contribution is 2.30. The SMILES string of the molecule is O=c1c(C=Nc2ccccc2Cl)c(C(F)(F)F)[nH]n1-c1ccccc1. The van der Waals surface area contributed by atoms with Gasteiger partial charge < -0.3 is 0 Å². The smallest absolute Gasteiger partial charge is 0.286 e. The van der Waals surface area contributed by atoms with Gasteiger partial charge in [0.05, 0.1) is 22.0 Å². The zero-order chi connectivity index (χ0) is 18.0. The molecule has 1 aromatic heterocycles. The molecule has 0 spiro atoms. The molecule has 128 valence electrons. The average Bonchev–Trinajstić information content (AvgIpc) is 2.92. The Morgan fingerprint density at radius 1 is 1.04 bits per heavy atom. The molecule has 3 rings (SSSR count). The van der Waals surface area contributed by atoms with Crippen LogP contribution in [0.2, 0.25) is 5.02 Å². The largest absolute Gasteiger partial charge is 0.433 e. The zero-order valence-corrected chi connectivity index (χ0v) is 13.3. The van der Waals surface area contributed by atoms with E-state index in [1.54, 1.807) is 36.4 Å². The molecule has 25 heavy (non-hydrogen) atoms. The third-order valence-corrected chi connectivity index (χ3v) is 3.73. The molecule has 0 fully saturated rings. The molecule has 3 aromatic rings. The minimum atomic E-state index is -4.74. The summed E-state index contributed by atoms with van der Waals surface area (Å²) in [4.78, 5) is 16.4. The van der Waals surface area contributed by atoms with Gasteiger partial charge >= 0.3 is 6.18 Å². The topological polar surface area (TPSA) is 50.1 Å². The Morgan fingerprint density at radius 3 is 2.32 bits per heavy atom. The maximum absolute atomic E-state index is 13.3. The van der Waals surface area contributed by atoms with E-state index in [-0.39, 0.29) is 16.4 Å². The number of hydrogen-bond acceptors (Lipinski definition) is 2. The van der Waals surface area contributed by atoms with E-state index in [0.717, 1.165) is 10.9 Å². The molecule has 0 bridgehead atoms. The van der Waals surface area contributed by atoms with Gasteiger partial charge in [-0.05, 0) is 24.3 Å². The van der Waals surface area contributed by atoms with Crippen molar-refractivity contribution in [2.24, 2.45) is 4.99 Å². The molecular formula is C17H11ClF3N3O. The summed E-state index contributed by atoms with van der Waals surface area (Å²) >= 11 is 5.93. The van der Waals surface area contributed by atoms with Crippen molar-refractivity contribution in [3.8, 4) is 5.69 Å². The van der Waals surface area contributed by atoms with Crippen LogP contribution in [0.4, 0.5) is 18.9 Å². The number of aromatic amines is 1. The second-order valence-electron chi connectivity index (χ2n) is 5.08. The first-order valence-electron chi connectivity index (χ1n) is 7.14. The van der Waals surface area contributed by atoms with Crippen LogP contribution in [-0.4, -0.2) is 16.0 Å². The molecule has 1 N–H and O–H groups in total. The number of nitrogens with one attached hydrogen (secondary N) is 1. The summed E-state index contributed by atoms with van der Waals surface area (Å²) in [5.41, 5.74) is -2.05. The molecule has 2 aromatic carbocycles. The van der Waals surface area contributed by atoms with Crippen molar-refractivity contribution in [1.29, 1.82) is 0 Å². The van der Waals surface area contributed by atoms with E-state index in [1.807, 2.05) is 0 Å². The van der Waals surface area contributed by atoms with Crippen molar-refractivity contribution in [3.63, 3.8) is 0 Å². The Morgan fingerprint density at radius 2 is 1.68 bits per heavy atom. The van der Waals surface area contributed by atoms with Crippen LogP contribution in [0.5, 0.6) is 0 Å². The lowest BCUT2D eigenvalue weighted by Gasteiger charge is -2.04. The van der Waals surface area contributed by atoms with E-state index in [9.17, 15) is 18.0 Å². The maximum atomic E-state index is 13.3. The summed E-state index contributed by atoms with van der Waals surface area (Å²) in [6.45, 7) is 0. The lowest BCUT2D eigenvalue weighted by Crippen LogP contribution is -2.17. The van der Waals surface area contributed by atoms with Crippen molar-refractivity contribution in [2.75, 3.05) is 0 Å². The van der Waals surface area contributed by atoms with Crippen LogP contribution in [0.25, 0.3) is 5.69 Å². The highest BCUT2D eigenvalue weighted by atomic mass is 35.5. The molecule has 0 amide bonds. The van der Waals surface area contributed by atoms with E-state index >= 15 is 0 Å². The first-order chi connectivity index (χ1) is 11.9. The summed E-state index contributed by atoms with van der Waals surface area (Å²) in [5, 5.41) is 2.38. The normalized spacial score (nSPS) is 12.0. The third-order valence-electron chi connectivity index (χ3n) is 3.41. The highest BCUT2D eigenvalue weighted by molar-refractivity contribution is 6.33. The van der Waals surface area contributed by atoms with Crippen LogP contribution >= 0.6 is 11.6 Å². The van der Waals surface area contributed by atoms with Crippen LogP contribution in [0.15, 0.2) is 64.4 Å². The quantitative estimate of drug-likeness (QED) is 0.678. The van der Waals surface area contributed by atoms with Crippen molar-refractivity contribution in [3.05, 3.63) is 81.2 Å². The molecular weight excluding hydrogens is 355 g/mol. The minimum absolute atomic E-state index is 0.268. The molecule has 4 nitrogen and oxygen atoms in total. The summed E-state index contributed by atoms with van der Waals surface area (Å²) in [5.74, 6) is 0. The van der Waals surface area contributed by atoms with Gasteiger partial charge in [-0.15, -0.1) is 0 Å². The van der Waals surface area contributed by atoms with Crippen LogP contribution < -0.4 is 5.56 Å². The lowest BCUT2D eigenvalue weighted by molar-refractivity contribution is -0.141. The molecule has 0 atom stereocenters. The van der Waals surface area contributed by atoms with Crippen LogP contribution in [0, 0.1) is 0 Å². The summed E-state index contributed by atoms with van der Waals surface area (Å²) in [6.07, 6.45) is -3.86. The molecule has 0 unspecified atom stereocenters. The molecule has 0 aliphatic carbocycles. The van der Waals surface area contributed by atoms with E-state index in [0.29, 0.717) is 0 Å². The van der Waals surface area contributed by atoms with Gasteiger partial charge in [0, 0.05) is 6.21 Å². The van der Waals surface area contributed by atoms with Gasteiger partial charge in [-0.2, -0.15) is 13.2 Å². The Kier molecular flexibility index (Phi) is 4.50. The maximum Gasteiger partial charge on any atom is 0.433 e. The number of alkyl halides is 3. The third kappa shape index (κ3) is 3.51. The number of halogens is 4. The Balaban J connectivity index is 2.14. The van der Waals surface area contributed by atoms with Crippen LogP contribution in [-0.2, 0) is 6.18 Å². The Labute approximate surface area is 145 Å². The van der Waals surface area contributed by atoms with Gasteiger partial charge in [-0.25, -0.2) is 4.68 Å². The number of nitrogens with zero attached hydrogens (tertiary/aromatic N) is 2. The Bertz CT molecular complexity index is 975. The van der Waals surface area contributed by atoms with Gasteiger partial charge in [0.1, 0.15) is 0 Å². The van der Waals surface area contributed by atoms with Crippen molar-refractivity contribution < 1.29 is 13.2 Å². The first kappa shape index (κ1) is 17.0. The molecule has 1 heterocycles. The first-order valence-corrected chi connectivity index (χ1v) is 7.52. The number of H-pyrrole nitrogens is 1. The minimum Gasteiger partial charge on any atom is -0.286 e. The number of para-hydroxylation sites is 2. The average molecular weight is 366 g/mol. The predicted molar refractivity (Wildman–Crippen MR) is 90.1 cm³/mol. The van der Waals surface area contributed by atoms with E-state index < -0.39 is 23.0 Å². The molecule has 8 heteroatoms. The number of benzene rings is 2. The van der Waals surface area contributed by atoms with E-state index in [4.69, 9.17) is 11.6 Å². The highest BCUT2D eigenvalue weighted by Gasteiger charge is 2.37. The number of hydrogen-bond donors (Lipinski definition) is 1. The molecule has 0 radical (unpaired) electrons. The van der Waals surface area contributed by atoms with Crippen LogP contribution in [0.3, 0.4) is 0 Å². The van der Waals surface area contributed by atoms with Crippen LogP contribution in [0.1, 0.15) is 11.3 Å². The van der Waals surface area contributed by atoms with Gasteiger partial charge in [0.25, 0.3) is 5.56 Å². The fourth-order valence-electron chi connectivity index (χ4n) is 2.24. The monoisotopic (exact) mass is 365 g/mol. The lowest BCUT2D eigenvalue weighted by atomic mass is 10.2.